The summed E-state index contributed by atoms with van der Waals surface area (Å²) in [5.74, 6) is 1.16. The molecule has 2 bridgehead atoms. The molecule has 2 aliphatic carbocycles. The van der Waals surface area contributed by atoms with E-state index in [2.05, 4.69) is 42.6 Å². The van der Waals surface area contributed by atoms with E-state index in [9.17, 15) is 9.59 Å². The van der Waals surface area contributed by atoms with E-state index in [0.29, 0.717) is 24.2 Å². The summed E-state index contributed by atoms with van der Waals surface area (Å²) < 4.78 is 0. The van der Waals surface area contributed by atoms with Gasteiger partial charge in [-0.3, -0.25) is 9.59 Å². The van der Waals surface area contributed by atoms with Gasteiger partial charge in [-0.05, 0) is 87.5 Å². The zero-order valence-corrected chi connectivity index (χ0v) is 19.6. The molecule has 2 aromatic rings. The molecule has 0 aromatic carbocycles. The topological polar surface area (TPSA) is 66.4 Å². The van der Waals surface area contributed by atoms with Gasteiger partial charge in [-0.15, -0.1) is 22.7 Å². The first-order chi connectivity index (χ1) is 15.0. The smallest absolute Gasteiger partial charge is 0.303 e. The molecule has 166 valence electrons. The SMILES string of the molecule is Cc1ccc(Cc2ccc(C(=O)NC3C4CCC(C4)C3CC=CCCCC(=O)O)s2)s1. The molecule has 0 saturated heterocycles. The van der Waals surface area contributed by atoms with Crippen LogP contribution in [0.3, 0.4) is 0 Å². The molecule has 2 aromatic heterocycles. The minimum Gasteiger partial charge on any atom is -0.481 e. The van der Waals surface area contributed by atoms with Gasteiger partial charge in [0, 0.05) is 33.5 Å². The minimum atomic E-state index is -0.730. The highest BCUT2D eigenvalue weighted by Crippen LogP contribution is 2.50. The molecule has 2 N–H and O–H groups in total. The van der Waals surface area contributed by atoms with Gasteiger partial charge in [0.05, 0.1) is 4.88 Å². The fourth-order valence-corrected chi connectivity index (χ4v) is 7.22. The summed E-state index contributed by atoms with van der Waals surface area (Å²) in [5.41, 5.74) is 0. The van der Waals surface area contributed by atoms with Gasteiger partial charge in [-0.25, -0.2) is 0 Å². The molecular weight excluding hydrogens is 426 g/mol. The van der Waals surface area contributed by atoms with Crippen LogP contribution in [0, 0.1) is 24.7 Å². The summed E-state index contributed by atoms with van der Waals surface area (Å²) in [6, 6.07) is 8.65. The van der Waals surface area contributed by atoms with Crippen LogP contribution in [0.15, 0.2) is 36.4 Å². The number of thiophene rings is 2. The Balaban J connectivity index is 1.32. The number of carbonyl (C=O) groups is 2. The lowest BCUT2D eigenvalue weighted by Crippen LogP contribution is -2.43. The van der Waals surface area contributed by atoms with E-state index in [4.69, 9.17) is 5.11 Å². The summed E-state index contributed by atoms with van der Waals surface area (Å²) >= 11 is 3.43. The maximum atomic E-state index is 13.0. The van der Waals surface area contributed by atoms with Crippen LogP contribution in [0.1, 0.15) is 69.2 Å². The zero-order chi connectivity index (χ0) is 21.8. The largest absolute Gasteiger partial charge is 0.481 e. The van der Waals surface area contributed by atoms with Gasteiger partial charge in [0.15, 0.2) is 0 Å². The number of fused-ring (bicyclic) bond motifs is 2. The summed E-state index contributed by atoms with van der Waals surface area (Å²) in [4.78, 5) is 28.3. The molecule has 4 unspecified atom stereocenters. The molecule has 6 heteroatoms. The first kappa shape index (κ1) is 22.3. The van der Waals surface area contributed by atoms with Crippen molar-refractivity contribution in [1.82, 2.24) is 5.32 Å². The molecule has 31 heavy (non-hydrogen) atoms. The van der Waals surface area contributed by atoms with Gasteiger partial charge in [0.2, 0.25) is 0 Å². The van der Waals surface area contributed by atoms with E-state index < -0.39 is 5.97 Å². The fraction of sp³-hybridized carbons (Fsp3) is 0.520. The molecule has 2 fully saturated rings. The minimum absolute atomic E-state index is 0.0756. The Morgan fingerprint density at radius 1 is 1.10 bits per heavy atom. The van der Waals surface area contributed by atoms with Gasteiger partial charge in [-0.2, -0.15) is 0 Å². The maximum Gasteiger partial charge on any atom is 0.303 e. The molecule has 2 aliphatic rings. The molecule has 0 radical (unpaired) electrons. The van der Waals surface area contributed by atoms with Crippen LogP contribution in [-0.2, 0) is 11.2 Å². The standard InChI is InChI=1S/C25H31NO3S2/c1-16-8-11-19(30-16)15-20-12-13-22(31-20)25(29)26-24-18-10-9-17(14-18)21(24)6-4-2-3-5-7-23(27)28/h2,4,8,11-13,17-18,21,24H,3,5-7,9-10,14-15H2,1H3,(H,26,29)(H,27,28). The number of carbonyl (C=O) groups excluding carboxylic acids is 1. The van der Waals surface area contributed by atoms with E-state index in [1.165, 1.54) is 33.9 Å². The van der Waals surface area contributed by atoms with Crippen LogP contribution in [0.25, 0.3) is 0 Å². The average Bonchev–Trinajstić information content (AvgIpc) is 3.51. The lowest BCUT2D eigenvalue weighted by molar-refractivity contribution is -0.137. The molecule has 4 nitrogen and oxygen atoms in total. The van der Waals surface area contributed by atoms with E-state index in [0.717, 1.165) is 24.1 Å². The first-order valence-electron chi connectivity index (χ1n) is 11.3. The second kappa shape index (κ2) is 10.1. The molecule has 0 aliphatic heterocycles. The number of carboxylic acids is 1. The number of aliphatic carboxylic acids is 1. The second-order valence-electron chi connectivity index (χ2n) is 8.94. The number of aryl methyl sites for hydroxylation is 1. The van der Waals surface area contributed by atoms with Crippen molar-refractivity contribution >= 4 is 34.6 Å². The van der Waals surface area contributed by atoms with E-state index in [1.807, 2.05) is 17.4 Å². The van der Waals surface area contributed by atoms with Crippen LogP contribution < -0.4 is 5.32 Å². The quantitative estimate of drug-likeness (QED) is 0.337. The molecule has 4 rings (SSSR count). The van der Waals surface area contributed by atoms with Crippen molar-refractivity contribution in [3.8, 4) is 0 Å². The Morgan fingerprint density at radius 3 is 2.65 bits per heavy atom. The van der Waals surface area contributed by atoms with Gasteiger partial charge in [0.1, 0.15) is 0 Å². The molecule has 1 amide bonds. The van der Waals surface area contributed by atoms with Crippen LogP contribution in [0.2, 0.25) is 0 Å². The van der Waals surface area contributed by atoms with Gasteiger partial charge in [0.25, 0.3) is 5.91 Å². The first-order valence-corrected chi connectivity index (χ1v) is 12.9. The highest BCUT2D eigenvalue weighted by atomic mass is 32.1. The zero-order valence-electron chi connectivity index (χ0n) is 18.0. The van der Waals surface area contributed by atoms with Crippen LogP contribution in [-0.4, -0.2) is 23.0 Å². The summed E-state index contributed by atoms with van der Waals surface area (Å²) in [6.45, 7) is 2.12. The number of carboxylic acid groups (broad SMARTS) is 1. The predicted molar refractivity (Wildman–Crippen MR) is 127 cm³/mol. The Labute approximate surface area is 192 Å². The lowest BCUT2D eigenvalue weighted by Gasteiger charge is -2.31. The van der Waals surface area contributed by atoms with Gasteiger partial charge >= 0.3 is 5.97 Å². The van der Waals surface area contributed by atoms with Crippen molar-refractivity contribution in [2.45, 2.75) is 64.3 Å². The normalized spacial score (nSPS) is 24.8. The highest BCUT2D eigenvalue weighted by Gasteiger charge is 2.47. The predicted octanol–water partition coefficient (Wildman–Crippen LogP) is 6.05. The number of unbranched alkanes of at least 4 members (excludes halogenated alkanes) is 1. The van der Waals surface area contributed by atoms with Crippen molar-refractivity contribution < 1.29 is 14.7 Å². The molecule has 4 atom stereocenters. The number of rotatable bonds is 10. The van der Waals surface area contributed by atoms with Crippen LogP contribution in [0.5, 0.6) is 0 Å². The fourth-order valence-electron chi connectivity index (χ4n) is 5.29. The van der Waals surface area contributed by atoms with Crippen LogP contribution >= 0.6 is 22.7 Å². The molecular formula is C25H31NO3S2. The monoisotopic (exact) mass is 457 g/mol. The summed E-state index contributed by atoms with van der Waals surface area (Å²) in [7, 11) is 0. The maximum absolute atomic E-state index is 13.0. The number of hydrogen-bond acceptors (Lipinski definition) is 4. The molecule has 2 heterocycles. The number of amides is 1. The van der Waals surface area contributed by atoms with Crippen molar-refractivity contribution in [2.24, 2.45) is 17.8 Å². The van der Waals surface area contributed by atoms with Crippen molar-refractivity contribution in [3.05, 3.63) is 55.9 Å². The molecule has 0 spiro atoms. The lowest BCUT2D eigenvalue weighted by atomic mass is 9.82. The van der Waals surface area contributed by atoms with Crippen molar-refractivity contribution in [2.75, 3.05) is 0 Å². The third-order valence-electron chi connectivity index (χ3n) is 6.75. The Bertz CT molecular complexity index is 944. The Morgan fingerprint density at radius 2 is 1.87 bits per heavy atom. The van der Waals surface area contributed by atoms with E-state index in [1.54, 1.807) is 11.3 Å². The Hall–Kier alpha value is -1.92. The van der Waals surface area contributed by atoms with E-state index >= 15 is 0 Å². The van der Waals surface area contributed by atoms with Crippen molar-refractivity contribution in [3.63, 3.8) is 0 Å². The number of allylic oxidation sites excluding steroid dienone is 2. The summed E-state index contributed by atoms with van der Waals surface area (Å²) in [6.07, 6.45) is 11.7. The number of hydrogen-bond donors (Lipinski definition) is 2. The average molecular weight is 458 g/mol. The third kappa shape index (κ3) is 5.66. The van der Waals surface area contributed by atoms with Gasteiger partial charge < -0.3 is 10.4 Å². The van der Waals surface area contributed by atoms with E-state index in [-0.39, 0.29) is 18.4 Å². The highest BCUT2D eigenvalue weighted by molar-refractivity contribution is 7.14. The summed E-state index contributed by atoms with van der Waals surface area (Å²) in [5, 5.41) is 12.1. The third-order valence-corrected chi connectivity index (χ3v) is 8.84. The van der Waals surface area contributed by atoms with Crippen LogP contribution in [0.4, 0.5) is 0 Å². The van der Waals surface area contributed by atoms with Gasteiger partial charge in [-0.1, -0.05) is 12.2 Å². The molecule has 2 saturated carbocycles. The number of nitrogens with one attached hydrogen (secondary N) is 1. The van der Waals surface area contributed by atoms with Crippen molar-refractivity contribution in [1.29, 1.82) is 0 Å². The Kier molecular flexibility index (Phi) is 7.28. The second-order valence-corrected chi connectivity index (χ2v) is 11.5.